The molecule has 0 aliphatic rings. The van der Waals surface area contributed by atoms with E-state index >= 15 is 0 Å². The summed E-state index contributed by atoms with van der Waals surface area (Å²) >= 11 is 7.33. The third-order valence-corrected chi connectivity index (χ3v) is 2.49. The van der Waals surface area contributed by atoms with Crippen LogP contribution in [0.15, 0.2) is 28.7 Å². The van der Waals surface area contributed by atoms with E-state index in [1.165, 1.54) is 0 Å². The summed E-state index contributed by atoms with van der Waals surface area (Å²) in [6.45, 7) is 0. The average molecular weight is 245 g/mol. The van der Waals surface area contributed by atoms with Gasteiger partial charge in [-0.05, 0) is 27.6 Å². The molecule has 0 heterocycles. The highest BCUT2D eigenvalue weighted by atomic mass is 79.9. The summed E-state index contributed by atoms with van der Waals surface area (Å²) in [5.41, 5.74) is 0.962. The van der Waals surface area contributed by atoms with E-state index in [1.807, 2.05) is 18.2 Å². The van der Waals surface area contributed by atoms with Crippen molar-refractivity contribution < 1.29 is 5.11 Å². The van der Waals surface area contributed by atoms with Gasteiger partial charge in [0.25, 0.3) is 0 Å². The van der Waals surface area contributed by atoms with Crippen molar-refractivity contribution in [2.75, 3.05) is 5.75 Å². The van der Waals surface area contributed by atoms with Gasteiger partial charge in [0, 0.05) is 5.75 Å². The third kappa shape index (κ3) is 2.29. The minimum absolute atomic E-state index is 0.260. The zero-order chi connectivity index (χ0) is 8.97. The Balaban J connectivity index is 3.00. The van der Waals surface area contributed by atoms with Crippen LogP contribution in [0.4, 0.5) is 0 Å². The molecule has 0 amide bonds. The van der Waals surface area contributed by atoms with Crippen LogP contribution in [0.5, 0.6) is 5.75 Å². The van der Waals surface area contributed by atoms with Gasteiger partial charge >= 0.3 is 0 Å². The summed E-state index contributed by atoms with van der Waals surface area (Å²) in [5.74, 6) is 0.957. The Bertz CT molecular complexity index is 297. The van der Waals surface area contributed by atoms with Crippen molar-refractivity contribution in [1.29, 1.82) is 0 Å². The molecule has 0 saturated carbocycles. The van der Waals surface area contributed by atoms with E-state index in [2.05, 4.69) is 28.6 Å². The Morgan fingerprint density at radius 3 is 2.92 bits per heavy atom. The maximum atomic E-state index is 9.30. The van der Waals surface area contributed by atoms with Crippen LogP contribution in [0.25, 0.3) is 6.08 Å². The Labute approximate surface area is 85.7 Å². The van der Waals surface area contributed by atoms with Gasteiger partial charge in [0.05, 0.1) is 4.47 Å². The molecule has 1 aromatic carbocycles. The second-order valence-corrected chi connectivity index (χ2v) is 3.42. The summed E-state index contributed by atoms with van der Waals surface area (Å²) in [4.78, 5) is 0. The fourth-order valence-corrected chi connectivity index (χ4v) is 1.35. The molecule has 0 aliphatic carbocycles. The first-order valence-corrected chi connectivity index (χ1v) is 4.93. The van der Waals surface area contributed by atoms with Gasteiger partial charge in [0.2, 0.25) is 0 Å². The van der Waals surface area contributed by atoms with Crippen LogP contribution in [0.1, 0.15) is 5.56 Å². The van der Waals surface area contributed by atoms with Gasteiger partial charge in [-0.1, -0.05) is 24.3 Å². The summed E-state index contributed by atoms with van der Waals surface area (Å²) in [6, 6.07) is 5.37. The molecule has 0 spiro atoms. The van der Waals surface area contributed by atoms with Crippen LogP contribution < -0.4 is 0 Å². The number of halogens is 1. The first-order chi connectivity index (χ1) is 5.75. The largest absolute Gasteiger partial charge is 0.507 e. The van der Waals surface area contributed by atoms with E-state index in [-0.39, 0.29) is 5.75 Å². The first-order valence-electron chi connectivity index (χ1n) is 3.50. The van der Waals surface area contributed by atoms with E-state index in [4.69, 9.17) is 0 Å². The van der Waals surface area contributed by atoms with Crippen LogP contribution in [0.3, 0.4) is 0 Å². The summed E-state index contributed by atoms with van der Waals surface area (Å²) in [6.07, 6.45) is 3.83. The Hall–Kier alpha value is -0.410. The van der Waals surface area contributed by atoms with E-state index in [9.17, 15) is 5.11 Å². The lowest BCUT2D eigenvalue weighted by molar-refractivity contribution is 0.472. The molecule has 1 rings (SSSR count). The molecular weight excluding hydrogens is 236 g/mol. The molecule has 0 saturated heterocycles. The van der Waals surface area contributed by atoms with E-state index in [0.29, 0.717) is 5.75 Å². The lowest BCUT2D eigenvalue weighted by atomic mass is 10.2. The molecule has 0 aliphatic heterocycles. The predicted molar refractivity (Wildman–Crippen MR) is 58.7 cm³/mol. The molecule has 3 heteroatoms. The number of phenols is 1. The quantitative estimate of drug-likeness (QED) is 0.767. The molecule has 0 unspecified atom stereocenters. The van der Waals surface area contributed by atoms with Crippen molar-refractivity contribution in [2.24, 2.45) is 0 Å². The van der Waals surface area contributed by atoms with Gasteiger partial charge in [0.1, 0.15) is 5.75 Å². The van der Waals surface area contributed by atoms with Crippen LogP contribution in [-0.4, -0.2) is 10.9 Å². The molecule has 0 aromatic heterocycles. The van der Waals surface area contributed by atoms with Gasteiger partial charge in [-0.3, -0.25) is 0 Å². The number of hydrogen-bond donors (Lipinski definition) is 2. The van der Waals surface area contributed by atoms with Crippen LogP contribution >= 0.6 is 28.6 Å². The zero-order valence-electron chi connectivity index (χ0n) is 6.37. The maximum absolute atomic E-state index is 9.30. The molecule has 0 atom stereocenters. The fourth-order valence-electron chi connectivity index (χ4n) is 0.846. The molecule has 1 aromatic rings. The molecular formula is C9H9BrOS. The van der Waals surface area contributed by atoms with E-state index in [1.54, 1.807) is 12.1 Å². The summed E-state index contributed by atoms with van der Waals surface area (Å²) in [7, 11) is 0. The summed E-state index contributed by atoms with van der Waals surface area (Å²) < 4.78 is 0.725. The van der Waals surface area contributed by atoms with Crippen LogP contribution in [0, 0.1) is 0 Å². The highest BCUT2D eigenvalue weighted by Crippen LogP contribution is 2.27. The smallest absolute Gasteiger partial charge is 0.130 e. The average Bonchev–Trinajstić information content (AvgIpc) is 2.08. The minimum atomic E-state index is 0.260. The number of aromatic hydroxyl groups is 1. The summed E-state index contributed by atoms with van der Waals surface area (Å²) in [5, 5.41) is 9.30. The number of benzene rings is 1. The SMILES string of the molecule is Oc1cccc(C=CCS)c1Br. The van der Waals surface area contributed by atoms with Crippen molar-refractivity contribution >= 4 is 34.6 Å². The molecule has 1 N–H and O–H groups in total. The van der Waals surface area contributed by atoms with Crippen LogP contribution in [-0.2, 0) is 0 Å². The number of thiol groups is 1. The van der Waals surface area contributed by atoms with Gasteiger partial charge in [0.15, 0.2) is 0 Å². The molecule has 64 valence electrons. The van der Waals surface area contributed by atoms with Gasteiger partial charge in [-0.25, -0.2) is 0 Å². The van der Waals surface area contributed by atoms with Crippen molar-refractivity contribution in [3.63, 3.8) is 0 Å². The van der Waals surface area contributed by atoms with Gasteiger partial charge < -0.3 is 5.11 Å². The van der Waals surface area contributed by atoms with Crippen LogP contribution in [0.2, 0.25) is 0 Å². The lowest BCUT2D eigenvalue weighted by Gasteiger charge is -1.99. The topological polar surface area (TPSA) is 20.2 Å². The van der Waals surface area contributed by atoms with E-state index < -0.39 is 0 Å². The Morgan fingerprint density at radius 1 is 1.50 bits per heavy atom. The Morgan fingerprint density at radius 2 is 2.25 bits per heavy atom. The maximum Gasteiger partial charge on any atom is 0.130 e. The normalized spacial score (nSPS) is 10.8. The second kappa shape index (κ2) is 4.58. The molecule has 0 bridgehead atoms. The Kier molecular flexibility index (Phi) is 3.69. The van der Waals surface area contributed by atoms with Crippen molar-refractivity contribution in [2.45, 2.75) is 0 Å². The molecule has 0 radical (unpaired) electrons. The number of phenolic OH excluding ortho intramolecular Hbond substituents is 1. The first kappa shape index (κ1) is 9.68. The molecule has 12 heavy (non-hydrogen) atoms. The van der Waals surface area contributed by atoms with Crippen molar-refractivity contribution in [3.05, 3.63) is 34.3 Å². The minimum Gasteiger partial charge on any atom is -0.507 e. The monoisotopic (exact) mass is 244 g/mol. The molecule has 0 fully saturated rings. The highest BCUT2D eigenvalue weighted by molar-refractivity contribution is 9.10. The number of hydrogen-bond acceptors (Lipinski definition) is 2. The second-order valence-electron chi connectivity index (χ2n) is 2.27. The molecule has 1 nitrogen and oxygen atoms in total. The predicted octanol–water partition coefficient (Wildman–Crippen LogP) is 3.10. The van der Waals surface area contributed by atoms with Gasteiger partial charge in [-0.2, -0.15) is 12.6 Å². The zero-order valence-corrected chi connectivity index (χ0v) is 8.85. The van der Waals surface area contributed by atoms with Crippen molar-refractivity contribution in [1.82, 2.24) is 0 Å². The standard InChI is InChI=1S/C9H9BrOS/c10-9-7(4-2-6-12)3-1-5-8(9)11/h1-5,11-12H,6H2. The number of rotatable bonds is 2. The van der Waals surface area contributed by atoms with E-state index in [0.717, 1.165) is 10.0 Å². The fraction of sp³-hybridized carbons (Fsp3) is 0.111. The third-order valence-electron chi connectivity index (χ3n) is 1.41. The lowest BCUT2D eigenvalue weighted by Crippen LogP contribution is -1.75. The van der Waals surface area contributed by atoms with Crippen molar-refractivity contribution in [3.8, 4) is 5.75 Å². The van der Waals surface area contributed by atoms with Gasteiger partial charge in [-0.15, -0.1) is 0 Å². The highest BCUT2D eigenvalue weighted by Gasteiger charge is 1.99.